The first-order valence-electron chi connectivity index (χ1n) is 6.81. The van der Waals surface area contributed by atoms with E-state index in [-0.39, 0.29) is 19.9 Å². The maximum absolute atomic E-state index is 10.9. The van der Waals surface area contributed by atoms with Crippen LogP contribution in [0.15, 0.2) is 12.1 Å². The van der Waals surface area contributed by atoms with E-state index in [9.17, 15) is 9.90 Å². The molecule has 0 radical (unpaired) electrons. The summed E-state index contributed by atoms with van der Waals surface area (Å²) in [4.78, 5) is 12.9. The zero-order chi connectivity index (χ0) is 15.6. The molecule has 1 aromatic carbocycles. The third-order valence-electron chi connectivity index (χ3n) is 3.45. The third kappa shape index (κ3) is 4.13. The van der Waals surface area contributed by atoms with Gasteiger partial charge in [0.2, 0.25) is 0 Å². The zero-order valence-corrected chi connectivity index (χ0v) is 13.8. The van der Waals surface area contributed by atoms with Gasteiger partial charge in [-0.3, -0.25) is 4.79 Å². The molecule has 6 nitrogen and oxygen atoms in total. The Labute approximate surface area is 136 Å². The average molecular weight is 330 g/mol. The first-order valence-corrected chi connectivity index (χ1v) is 6.81. The number of hydrogen-bond donors (Lipinski definition) is 2. The van der Waals surface area contributed by atoms with Crippen LogP contribution in [0.25, 0.3) is 0 Å². The van der Waals surface area contributed by atoms with Gasteiger partial charge in [0.1, 0.15) is 18.8 Å². The van der Waals surface area contributed by atoms with E-state index >= 15 is 0 Å². The molecule has 1 aromatic rings. The van der Waals surface area contributed by atoms with Gasteiger partial charge >= 0.3 is 13.5 Å². The summed E-state index contributed by atoms with van der Waals surface area (Å²) in [6.07, 6.45) is -0.471. The summed E-state index contributed by atoms with van der Waals surface area (Å²) in [6, 6.07) is 3.60. The number of ether oxygens (including phenoxy) is 1. The molecule has 2 N–H and O–H groups in total. The number of aliphatic hydroxyl groups is 1. The van der Waals surface area contributed by atoms with Gasteiger partial charge in [0.15, 0.2) is 5.79 Å². The van der Waals surface area contributed by atoms with Crippen molar-refractivity contribution in [2.24, 2.45) is 0 Å². The van der Waals surface area contributed by atoms with Crippen molar-refractivity contribution in [3.05, 3.63) is 23.3 Å². The van der Waals surface area contributed by atoms with Crippen LogP contribution in [0.4, 0.5) is 0 Å². The minimum atomic E-state index is -1.74. The highest BCUT2D eigenvalue weighted by molar-refractivity contribution is 6.49. The molecule has 122 valence electrons. The number of rotatable bonds is 6. The molecule has 1 atom stereocenters. The van der Waals surface area contributed by atoms with Gasteiger partial charge in [-0.15, -0.1) is 12.4 Å². The molecule has 0 amide bonds. The fraction of sp³-hybridized carbons (Fsp3) is 0.500. The zero-order valence-electron chi connectivity index (χ0n) is 13.0. The normalized spacial score (nSPS) is 19.3. The lowest BCUT2D eigenvalue weighted by atomic mass is 9.83. The Morgan fingerprint density at radius 1 is 1.45 bits per heavy atom. The molecule has 8 heteroatoms. The van der Waals surface area contributed by atoms with Crippen molar-refractivity contribution in [2.45, 2.75) is 19.1 Å². The van der Waals surface area contributed by atoms with E-state index in [0.29, 0.717) is 17.9 Å². The van der Waals surface area contributed by atoms with Crippen molar-refractivity contribution in [3.8, 4) is 5.75 Å². The SMILES string of the molecule is Cc1cc(OCCN(C)C)cc2c1C(O)(CC(=O)O)OB2.Cl. The predicted molar refractivity (Wildman–Crippen MR) is 86.5 cm³/mol. The summed E-state index contributed by atoms with van der Waals surface area (Å²) in [5, 5.41) is 19.3. The number of hydrogen-bond acceptors (Lipinski definition) is 5. The number of carboxylic acid groups (broad SMARTS) is 1. The Hall–Kier alpha value is -1.28. The molecule has 0 aliphatic carbocycles. The molecule has 0 saturated heterocycles. The Bertz CT molecular complexity index is 554. The van der Waals surface area contributed by atoms with Gasteiger partial charge in [0.05, 0.1) is 0 Å². The summed E-state index contributed by atoms with van der Waals surface area (Å²) < 4.78 is 11.0. The van der Waals surface area contributed by atoms with Gasteiger partial charge in [0.25, 0.3) is 0 Å². The van der Waals surface area contributed by atoms with Crippen LogP contribution >= 0.6 is 12.4 Å². The number of carbonyl (C=O) groups is 1. The molecule has 1 unspecified atom stereocenters. The second kappa shape index (κ2) is 7.33. The fourth-order valence-corrected chi connectivity index (χ4v) is 2.54. The van der Waals surface area contributed by atoms with Gasteiger partial charge < -0.3 is 24.5 Å². The second-order valence-corrected chi connectivity index (χ2v) is 5.57. The van der Waals surface area contributed by atoms with E-state index in [1.54, 1.807) is 12.1 Å². The molecule has 0 spiro atoms. The van der Waals surface area contributed by atoms with Crippen molar-refractivity contribution in [1.29, 1.82) is 0 Å². The minimum Gasteiger partial charge on any atom is -0.492 e. The van der Waals surface area contributed by atoms with E-state index in [1.165, 1.54) is 0 Å². The van der Waals surface area contributed by atoms with Crippen LogP contribution < -0.4 is 10.2 Å². The van der Waals surface area contributed by atoms with Crippen molar-refractivity contribution in [1.82, 2.24) is 4.90 Å². The third-order valence-corrected chi connectivity index (χ3v) is 3.45. The molecule has 1 heterocycles. The summed E-state index contributed by atoms with van der Waals surface area (Å²) in [5.41, 5.74) is 2.09. The second-order valence-electron chi connectivity index (χ2n) is 5.57. The number of fused-ring (bicyclic) bond motifs is 1. The van der Waals surface area contributed by atoms with Crippen LogP contribution in [0, 0.1) is 6.92 Å². The van der Waals surface area contributed by atoms with E-state index in [0.717, 1.165) is 17.6 Å². The molecular weight excluding hydrogens is 308 g/mol. The lowest BCUT2D eigenvalue weighted by Crippen LogP contribution is -2.30. The molecule has 0 bridgehead atoms. The Morgan fingerprint density at radius 3 is 2.73 bits per heavy atom. The molecule has 1 aliphatic rings. The van der Waals surface area contributed by atoms with E-state index < -0.39 is 18.2 Å². The number of benzene rings is 1. The van der Waals surface area contributed by atoms with Crippen LogP contribution in [-0.2, 0) is 15.2 Å². The van der Waals surface area contributed by atoms with Crippen LogP contribution in [0.2, 0.25) is 0 Å². The number of aryl methyl sites for hydroxylation is 1. The van der Waals surface area contributed by atoms with Crippen molar-refractivity contribution < 1.29 is 24.4 Å². The minimum absolute atomic E-state index is 0. The lowest BCUT2D eigenvalue weighted by Gasteiger charge is -2.24. The largest absolute Gasteiger partial charge is 0.492 e. The average Bonchev–Trinajstić information content (AvgIpc) is 2.65. The smallest absolute Gasteiger partial charge is 0.313 e. The summed E-state index contributed by atoms with van der Waals surface area (Å²) >= 11 is 0. The molecular formula is C14H21BClNO5. The molecule has 0 aromatic heterocycles. The number of nitrogens with zero attached hydrogens (tertiary/aromatic N) is 1. The maximum atomic E-state index is 10.9. The summed E-state index contributed by atoms with van der Waals surface area (Å²) in [5.74, 6) is -2.14. The predicted octanol–water partition coefficient (Wildman–Crippen LogP) is -0.0160. The van der Waals surface area contributed by atoms with Crippen LogP contribution in [0.3, 0.4) is 0 Å². The van der Waals surface area contributed by atoms with Gasteiger partial charge in [0, 0.05) is 12.1 Å². The van der Waals surface area contributed by atoms with Crippen molar-refractivity contribution in [2.75, 3.05) is 27.2 Å². The molecule has 22 heavy (non-hydrogen) atoms. The highest BCUT2D eigenvalue weighted by atomic mass is 35.5. The van der Waals surface area contributed by atoms with Gasteiger partial charge in [-0.05, 0) is 44.2 Å². The van der Waals surface area contributed by atoms with Gasteiger partial charge in [-0.2, -0.15) is 0 Å². The standard InChI is InChI=1S/C14H20BNO5.ClH/c1-9-6-10(20-5-4-16(2)3)7-11-13(9)14(19,21-15-11)8-12(17)18;/h6-7,15,19H,4-5,8H2,1-3H3,(H,17,18);1H. The molecule has 2 rings (SSSR count). The fourth-order valence-electron chi connectivity index (χ4n) is 2.54. The Morgan fingerprint density at radius 2 is 2.14 bits per heavy atom. The topological polar surface area (TPSA) is 79.2 Å². The summed E-state index contributed by atoms with van der Waals surface area (Å²) in [6.45, 7) is 3.18. The monoisotopic (exact) mass is 329 g/mol. The Kier molecular flexibility index (Phi) is 6.25. The van der Waals surface area contributed by atoms with E-state index in [1.807, 2.05) is 25.9 Å². The van der Waals surface area contributed by atoms with Gasteiger partial charge in [-0.25, -0.2) is 0 Å². The number of aliphatic carboxylic acids is 1. The highest BCUT2D eigenvalue weighted by Gasteiger charge is 2.42. The molecule has 1 aliphatic heterocycles. The number of halogens is 1. The maximum Gasteiger partial charge on any atom is 0.313 e. The lowest BCUT2D eigenvalue weighted by molar-refractivity contribution is -0.170. The van der Waals surface area contributed by atoms with Crippen LogP contribution in [0.1, 0.15) is 17.5 Å². The highest BCUT2D eigenvalue weighted by Crippen LogP contribution is 2.33. The first kappa shape index (κ1) is 18.8. The Balaban J connectivity index is 0.00000242. The van der Waals surface area contributed by atoms with Crippen molar-refractivity contribution in [3.63, 3.8) is 0 Å². The number of carboxylic acids is 1. The van der Waals surface area contributed by atoms with E-state index in [2.05, 4.69) is 0 Å². The molecule has 0 fully saturated rings. The van der Waals surface area contributed by atoms with Crippen LogP contribution in [0.5, 0.6) is 5.75 Å². The van der Waals surface area contributed by atoms with E-state index in [4.69, 9.17) is 14.5 Å². The molecule has 0 saturated carbocycles. The van der Waals surface area contributed by atoms with Gasteiger partial charge in [-0.1, -0.05) is 0 Å². The number of likely N-dealkylation sites (N-methyl/N-ethyl adjacent to an activating group) is 1. The van der Waals surface area contributed by atoms with Crippen LogP contribution in [-0.4, -0.2) is 55.8 Å². The quantitative estimate of drug-likeness (QED) is 0.714. The summed E-state index contributed by atoms with van der Waals surface area (Å²) in [7, 11) is 4.12. The van der Waals surface area contributed by atoms with Crippen molar-refractivity contribution >= 4 is 31.3 Å². The first-order chi connectivity index (χ1) is 9.82.